The van der Waals surface area contributed by atoms with Gasteiger partial charge in [0.05, 0.1) is 0 Å². The fourth-order valence-corrected chi connectivity index (χ4v) is 10.5. The summed E-state index contributed by atoms with van der Waals surface area (Å²) in [7, 11) is 0. The second-order valence-electron chi connectivity index (χ2n) is 6.10. The van der Waals surface area contributed by atoms with Gasteiger partial charge in [0.1, 0.15) is 0 Å². The second kappa shape index (κ2) is 11.9. The average Bonchev–Trinajstić information content (AvgIpc) is 2.63. The van der Waals surface area contributed by atoms with E-state index >= 15 is 0 Å². The number of hydrogen-bond acceptors (Lipinski definition) is 2. The standard InChI is InChI=1S/C20H28N2Se2/c1-17(21-13-19-9-5-3-6-10-19)15-23-24-16-18(2)22-14-20-11-7-4-8-12-20/h3-12,17-18,21-22H,13-16H2,1-2H3/t17-,18-/m0/s1. The molecule has 2 N–H and O–H groups in total. The van der Waals surface area contributed by atoms with Crippen LogP contribution in [-0.2, 0) is 13.1 Å². The molecule has 130 valence electrons. The van der Waals surface area contributed by atoms with E-state index in [0.717, 1.165) is 39.4 Å². The van der Waals surface area contributed by atoms with Gasteiger partial charge in [-0.1, -0.05) is 0 Å². The first-order valence-electron chi connectivity index (χ1n) is 8.53. The van der Waals surface area contributed by atoms with Crippen molar-refractivity contribution in [1.29, 1.82) is 0 Å². The van der Waals surface area contributed by atoms with Crippen molar-refractivity contribution in [1.82, 2.24) is 10.6 Å². The molecule has 0 aliphatic heterocycles. The van der Waals surface area contributed by atoms with Crippen LogP contribution >= 0.6 is 0 Å². The van der Waals surface area contributed by atoms with Crippen LogP contribution in [0.1, 0.15) is 25.0 Å². The van der Waals surface area contributed by atoms with Crippen molar-refractivity contribution in [3.63, 3.8) is 0 Å². The van der Waals surface area contributed by atoms with Gasteiger partial charge in [-0.3, -0.25) is 0 Å². The van der Waals surface area contributed by atoms with Gasteiger partial charge in [0.15, 0.2) is 0 Å². The molecule has 0 aliphatic rings. The predicted molar refractivity (Wildman–Crippen MR) is 107 cm³/mol. The summed E-state index contributed by atoms with van der Waals surface area (Å²) in [5, 5.41) is 9.96. The van der Waals surface area contributed by atoms with Crippen LogP contribution in [0.4, 0.5) is 0 Å². The Balaban J connectivity index is 1.50. The molecule has 0 fully saturated rings. The van der Waals surface area contributed by atoms with Gasteiger partial charge < -0.3 is 0 Å². The molecule has 0 saturated heterocycles. The molecule has 2 nitrogen and oxygen atoms in total. The molecule has 24 heavy (non-hydrogen) atoms. The van der Waals surface area contributed by atoms with E-state index in [2.05, 4.69) is 85.1 Å². The molecular formula is C20H28N2Se2. The molecule has 0 bridgehead atoms. The first-order valence-corrected chi connectivity index (χ1v) is 15.3. The maximum absolute atomic E-state index is 3.64. The van der Waals surface area contributed by atoms with Crippen molar-refractivity contribution >= 4 is 26.3 Å². The van der Waals surface area contributed by atoms with Crippen LogP contribution in [-0.4, -0.2) is 38.3 Å². The van der Waals surface area contributed by atoms with Crippen molar-refractivity contribution in [3.8, 4) is 0 Å². The van der Waals surface area contributed by atoms with Crippen LogP contribution in [0.3, 0.4) is 0 Å². The van der Waals surface area contributed by atoms with E-state index in [1.54, 1.807) is 0 Å². The van der Waals surface area contributed by atoms with Crippen LogP contribution in [0.15, 0.2) is 60.7 Å². The van der Waals surface area contributed by atoms with E-state index in [1.807, 2.05) is 0 Å². The van der Waals surface area contributed by atoms with Crippen molar-refractivity contribution in [2.45, 2.75) is 49.7 Å². The third-order valence-electron chi connectivity index (χ3n) is 3.71. The van der Waals surface area contributed by atoms with Gasteiger partial charge in [-0.05, 0) is 0 Å². The Labute approximate surface area is 158 Å². The third kappa shape index (κ3) is 8.48. The zero-order chi connectivity index (χ0) is 17.0. The Hall–Kier alpha value is -0.601. The van der Waals surface area contributed by atoms with E-state index in [0.29, 0.717) is 12.1 Å². The monoisotopic (exact) mass is 456 g/mol. The number of nitrogens with one attached hydrogen (secondary N) is 2. The van der Waals surface area contributed by atoms with Crippen molar-refractivity contribution in [2.75, 3.05) is 0 Å². The number of benzene rings is 2. The molecule has 0 unspecified atom stereocenters. The topological polar surface area (TPSA) is 24.1 Å². The van der Waals surface area contributed by atoms with Crippen LogP contribution in [0.5, 0.6) is 0 Å². The third-order valence-corrected chi connectivity index (χ3v) is 11.5. The molecule has 0 aromatic heterocycles. The molecule has 4 heteroatoms. The van der Waals surface area contributed by atoms with Crippen LogP contribution < -0.4 is 10.6 Å². The summed E-state index contributed by atoms with van der Waals surface area (Å²) >= 11 is 1.58. The molecule has 2 aromatic carbocycles. The molecule has 0 aliphatic carbocycles. The zero-order valence-electron chi connectivity index (χ0n) is 14.6. The summed E-state index contributed by atoms with van der Waals surface area (Å²) < 4.78 is 0. The summed E-state index contributed by atoms with van der Waals surface area (Å²) in [4.78, 5) is 0. The van der Waals surface area contributed by atoms with E-state index in [-0.39, 0.29) is 0 Å². The van der Waals surface area contributed by atoms with Gasteiger partial charge >= 0.3 is 158 Å². The average molecular weight is 454 g/mol. The van der Waals surface area contributed by atoms with Gasteiger partial charge in [-0.2, -0.15) is 0 Å². The maximum atomic E-state index is 3.64. The summed E-state index contributed by atoms with van der Waals surface area (Å²) in [6.07, 6.45) is 0. The van der Waals surface area contributed by atoms with Crippen LogP contribution in [0, 0.1) is 0 Å². The number of rotatable bonds is 11. The van der Waals surface area contributed by atoms with Crippen molar-refractivity contribution < 1.29 is 0 Å². The Morgan fingerprint density at radius 2 is 1.04 bits per heavy atom. The van der Waals surface area contributed by atoms with Crippen LogP contribution in [0.2, 0.25) is 10.6 Å². The molecule has 0 heterocycles. The van der Waals surface area contributed by atoms with Crippen molar-refractivity contribution in [3.05, 3.63) is 71.8 Å². The summed E-state index contributed by atoms with van der Waals surface area (Å²) in [5.74, 6) is 0. The Morgan fingerprint density at radius 1 is 0.667 bits per heavy atom. The summed E-state index contributed by atoms with van der Waals surface area (Å²) in [5.41, 5.74) is 2.75. The number of hydrogen-bond donors (Lipinski definition) is 2. The van der Waals surface area contributed by atoms with E-state index in [4.69, 9.17) is 0 Å². The molecule has 2 rings (SSSR count). The SMILES string of the molecule is C[C@@H](C[Se][Se]C[C@H](C)NCc1ccccc1)NCc1ccccc1. The van der Waals surface area contributed by atoms with Gasteiger partial charge in [0.25, 0.3) is 0 Å². The molecule has 0 radical (unpaired) electrons. The van der Waals surface area contributed by atoms with Crippen LogP contribution in [0.25, 0.3) is 0 Å². The van der Waals surface area contributed by atoms with E-state index in [9.17, 15) is 0 Å². The van der Waals surface area contributed by atoms with Gasteiger partial charge in [0, 0.05) is 0 Å². The zero-order valence-corrected chi connectivity index (χ0v) is 18.0. The van der Waals surface area contributed by atoms with E-state index < -0.39 is 0 Å². The normalized spacial score (nSPS) is 13.6. The fourth-order valence-electron chi connectivity index (χ4n) is 2.19. The van der Waals surface area contributed by atoms with Gasteiger partial charge in [-0.25, -0.2) is 0 Å². The Bertz CT molecular complexity index is 497. The molecule has 0 amide bonds. The summed E-state index contributed by atoms with van der Waals surface area (Å²) in [6, 6.07) is 22.6. The molecule has 0 spiro atoms. The minimum atomic E-state index is 0.625. The minimum absolute atomic E-state index is 0.625. The summed E-state index contributed by atoms with van der Waals surface area (Å²) in [6.45, 7) is 6.61. The molecule has 2 atom stereocenters. The van der Waals surface area contributed by atoms with Gasteiger partial charge in [-0.15, -0.1) is 0 Å². The van der Waals surface area contributed by atoms with Gasteiger partial charge in [0.2, 0.25) is 0 Å². The Morgan fingerprint density at radius 3 is 1.42 bits per heavy atom. The second-order valence-corrected chi connectivity index (χ2v) is 13.6. The fraction of sp³-hybridized carbons (Fsp3) is 0.400. The predicted octanol–water partition coefficient (Wildman–Crippen LogP) is 3.50. The Kier molecular flexibility index (Phi) is 9.75. The quantitative estimate of drug-likeness (QED) is 0.401. The molecular weight excluding hydrogens is 426 g/mol. The molecule has 2 aromatic rings. The van der Waals surface area contributed by atoms with Crippen molar-refractivity contribution in [2.24, 2.45) is 0 Å². The molecule has 0 saturated carbocycles. The first kappa shape index (κ1) is 19.7. The first-order chi connectivity index (χ1) is 11.7. The van der Waals surface area contributed by atoms with E-state index in [1.165, 1.54) is 21.8 Å².